The van der Waals surface area contributed by atoms with Crippen LogP contribution in [-0.4, -0.2) is 66.8 Å². The van der Waals surface area contributed by atoms with Crippen LogP contribution in [0.4, 0.5) is 0 Å². The van der Waals surface area contributed by atoms with Gasteiger partial charge in [-0.3, -0.25) is 4.79 Å². The molecule has 1 fully saturated rings. The Morgan fingerprint density at radius 2 is 1.48 bits per heavy atom. The van der Waals surface area contributed by atoms with Gasteiger partial charge < -0.3 is 35.0 Å². The zero-order valence-corrected chi connectivity index (χ0v) is 36.5. The van der Waals surface area contributed by atoms with Gasteiger partial charge in [0.15, 0.2) is 6.29 Å². The van der Waals surface area contributed by atoms with Gasteiger partial charge in [0, 0.05) is 31.1 Å². The summed E-state index contributed by atoms with van der Waals surface area (Å²) in [5, 5.41) is 33.6. The number of aryl methyl sites for hydroxylation is 1. The molecule has 6 aromatic rings. The normalized spacial score (nSPS) is 18.8. The smallest absolute Gasteiger partial charge is 0.241 e. The fourth-order valence-electron chi connectivity index (χ4n) is 7.93. The van der Waals surface area contributed by atoms with Crippen molar-refractivity contribution >= 4 is 15.9 Å². The van der Waals surface area contributed by atoms with Crippen LogP contribution >= 0.6 is 0 Å². The van der Waals surface area contributed by atoms with E-state index in [-0.39, 0.29) is 48.3 Å². The predicted molar refractivity (Wildman–Crippen MR) is 243 cm³/mol. The average molecular weight is 870 g/mol. The van der Waals surface area contributed by atoms with E-state index in [0.717, 1.165) is 44.5 Å². The number of aliphatic hydroxyl groups excluding tert-OH is 2. The fourth-order valence-corrected chi connectivity index (χ4v) is 9.13. The first-order chi connectivity index (χ1) is 30.4. The molecule has 6 atom stereocenters. The highest BCUT2D eigenvalue weighted by Gasteiger charge is 2.39. The molecular formula is C51H55N3O8S. The van der Waals surface area contributed by atoms with E-state index in [1.54, 1.807) is 36.4 Å². The molecule has 0 bridgehead atoms. The number of ether oxygens (including phenoxy) is 2. The molecule has 11 nitrogen and oxygen atoms in total. The first kappa shape index (κ1) is 45.3. The molecule has 6 aromatic carbocycles. The number of phenolic OH excluding ortho intramolecular Hbond substituents is 1. The average Bonchev–Trinajstić information content (AvgIpc) is 3.29. The Labute approximate surface area is 370 Å². The molecule has 5 N–H and O–H groups in total. The minimum Gasteiger partial charge on any atom is -0.508 e. The number of nitrogens with zero attached hydrogens (tertiary/aromatic N) is 1. The van der Waals surface area contributed by atoms with Crippen LogP contribution in [0, 0.1) is 12.8 Å². The van der Waals surface area contributed by atoms with Crippen LogP contribution in [0.25, 0.3) is 11.1 Å². The minimum atomic E-state index is -4.00. The topological polar surface area (TPSA) is 158 Å². The van der Waals surface area contributed by atoms with Crippen molar-refractivity contribution in [1.82, 2.24) is 14.9 Å². The molecule has 63 heavy (non-hydrogen) atoms. The van der Waals surface area contributed by atoms with E-state index < -0.39 is 34.4 Å². The van der Waals surface area contributed by atoms with E-state index in [2.05, 4.69) is 17.0 Å². The summed E-state index contributed by atoms with van der Waals surface area (Å²) in [6, 6.07) is 44.8. The maximum absolute atomic E-state index is 13.9. The monoisotopic (exact) mass is 869 g/mol. The van der Waals surface area contributed by atoms with Crippen molar-refractivity contribution in [2.75, 3.05) is 20.1 Å². The van der Waals surface area contributed by atoms with Gasteiger partial charge in [0.05, 0.1) is 29.8 Å². The third-order valence-electron chi connectivity index (χ3n) is 11.5. The summed E-state index contributed by atoms with van der Waals surface area (Å²) < 4.78 is 43.0. The van der Waals surface area contributed by atoms with Gasteiger partial charge in [0.2, 0.25) is 15.9 Å². The Kier molecular flexibility index (Phi) is 14.9. The highest BCUT2D eigenvalue weighted by atomic mass is 32.2. The van der Waals surface area contributed by atoms with E-state index in [4.69, 9.17) is 9.47 Å². The summed E-state index contributed by atoms with van der Waals surface area (Å²) in [4.78, 5) is 16.0. The summed E-state index contributed by atoms with van der Waals surface area (Å²) in [5.41, 5.74) is 7.59. The lowest BCUT2D eigenvalue weighted by atomic mass is 9.90. The van der Waals surface area contributed by atoms with Gasteiger partial charge in [-0.2, -0.15) is 4.72 Å². The van der Waals surface area contributed by atoms with Crippen molar-refractivity contribution in [3.63, 3.8) is 0 Å². The Morgan fingerprint density at radius 1 is 0.794 bits per heavy atom. The summed E-state index contributed by atoms with van der Waals surface area (Å²) in [5.74, 6) is -0.428. The molecule has 12 heteroatoms. The highest BCUT2D eigenvalue weighted by Crippen LogP contribution is 2.42. The molecule has 1 heterocycles. The van der Waals surface area contributed by atoms with Crippen LogP contribution in [0.1, 0.15) is 64.4 Å². The molecule has 0 spiro atoms. The van der Waals surface area contributed by atoms with Crippen LogP contribution in [0.5, 0.6) is 5.75 Å². The molecule has 0 aliphatic carbocycles. The van der Waals surface area contributed by atoms with Gasteiger partial charge in [-0.1, -0.05) is 140 Å². The standard InChI is InChI=1S/C51H55N3O8S/c1-34-16-26-44(27-17-34)63(59,60)53-46(28-36-10-5-4-6-11-36)50(58)52-30-42-12-7-8-15-45(42)38-22-24-40(25-23-38)51-61-48(32-54(3)31-47(57)41-13-9-14-43(56)29-41)35(2)49(62-51)39-20-18-37(33-55)19-21-39/h4-27,29,35,46-49,51,53,55-57H,28,30-33H2,1-3H3,(H,52,58)/t35-,46-,47-,48+,49+,51+/m1/s1. The van der Waals surface area contributed by atoms with Gasteiger partial charge in [0.25, 0.3) is 0 Å². The van der Waals surface area contributed by atoms with E-state index >= 15 is 0 Å². The minimum absolute atomic E-state index is 0.0608. The SMILES string of the molecule is Cc1ccc(S(=O)(=O)N[C@H](Cc2ccccc2)C(=O)NCc2ccccc2-c2ccc([C@H]3O[C@@H](CN(C)C[C@@H](O)c4cccc(O)c4)[C@@H](C)[C@@H](c4ccc(CO)cc4)O3)cc2)cc1. The van der Waals surface area contributed by atoms with Crippen molar-refractivity contribution in [2.45, 2.75) is 69.0 Å². The largest absolute Gasteiger partial charge is 0.508 e. The van der Waals surface area contributed by atoms with Gasteiger partial charge in [-0.05, 0) is 83.6 Å². The number of hydrogen-bond acceptors (Lipinski definition) is 9. The van der Waals surface area contributed by atoms with Crippen molar-refractivity contribution < 1.29 is 38.0 Å². The van der Waals surface area contributed by atoms with E-state index in [1.807, 2.05) is 122 Å². The molecule has 1 aliphatic heterocycles. The second-order valence-corrected chi connectivity index (χ2v) is 18.0. The van der Waals surface area contributed by atoms with Crippen LogP contribution < -0.4 is 10.0 Å². The molecule has 1 amide bonds. The number of aromatic hydroxyl groups is 1. The molecular weight excluding hydrogens is 815 g/mol. The predicted octanol–water partition coefficient (Wildman–Crippen LogP) is 7.52. The van der Waals surface area contributed by atoms with Gasteiger partial charge in [0.1, 0.15) is 11.8 Å². The summed E-state index contributed by atoms with van der Waals surface area (Å²) in [6.07, 6.45) is -1.98. The van der Waals surface area contributed by atoms with Crippen LogP contribution in [-0.2, 0) is 43.9 Å². The molecule has 1 aliphatic rings. The van der Waals surface area contributed by atoms with Gasteiger partial charge in [-0.25, -0.2) is 8.42 Å². The van der Waals surface area contributed by atoms with E-state index in [9.17, 15) is 28.5 Å². The number of rotatable bonds is 17. The lowest BCUT2D eigenvalue weighted by Gasteiger charge is -2.42. The third-order valence-corrected chi connectivity index (χ3v) is 13.0. The Balaban J connectivity index is 1.07. The third kappa shape index (κ3) is 11.7. The van der Waals surface area contributed by atoms with Crippen LogP contribution in [0.3, 0.4) is 0 Å². The van der Waals surface area contributed by atoms with E-state index in [1.165, 1.54) is 12.1 Å². The lowest BCUT2D eigenvalue weighted by Crippen LogP contribution is -2.47. The molecule has 328 valence electrons. The van der Waals surface area contributed by atoms with Gasteiger partial charge in [-0.15, -0.1) is 0 Å². The highest BCUT2D eigenvalue weighted by molar-refractivity contribution is 7.89. The Bertz CT molecular complexity index is 2540. The summed E-state index contributed by atoms with van der Waals surface area (Å²) >= 11 is 0. The quantitative estimate of drug-likeness (QED) is 0.0626. The second-order valence-electron chi connectivity index (χ2n) is 16.3. The maximum atomic E-state index is 13.9. The molecule has 0 radical (unpaired) electrons. The van der Waals surface area contributed by atoms with Crippen LogP contribution in [0.15, 0.2) is 157 Å². The number of phenols is 1. The number of carbonyl (C=O) groups is 1. The number of hydrogen-bond donors (Lipinski definition) is 5. The number of benzene rings is 6. The Hall–Kier alpha value is -5.70. The Morgan fingerprint density at radius 3 is 2.17 bits per heavy atom. The number of aliphatic hydroxyl groups is 2. The molecule has 0 saturated carbocycles. The zero-order chi connectivity index (χ0) is 44.5. The van der Waals surface area contributed by atoms with Crippen molar-refractivity contribution in [3.05, 3.63) is 191 Å². The summed E-state index contributed by atoms with van der Waals surface area (Å²) in [6.45, 7) is 4.89. The van der Waals surface area contributed by atoms with Crippen molar-refractivity contribution in [1.29, 1.82) is 0 Å². The first-order valence-corrected chi connectivity index (χ1v) is 22.6. The number of amides is 1. The van der Waals surface area contributed by atoms with Crippen molar-refractivity contribution in [2.24, 2.45) is 5.92 Å². The summed E-state index contributed by atoms with van der Waals surface area (Å²) in [7, 11) is -2.07. The maximum Gasteiger partial charge on any atom is 0.241 e. The number of carbonyl (C=O) groups excluding carboxylic acids is 1. The molecule has 0 unspecified atom stereocenters. The molecule has 7 rings (SSSR count). The first-order valence-electron chi connectivity index (χ1n) is 21.1. The number of nitrogens with one attached hydrogen (secondary N) is 2. The molecule has 1 saturated heterocycles. The second kappa shape index (κ2) is 20.7. The number of sulfonamides is 1. The van der Waals surface area contributed by atoms with Gasteiger partial charge >= 0.3 is 0 Å². The fraction of sp³-hybridized carbons (Fsp3) is 0.275. The van der Waals surface area contributed by atoms with Crippen molar-refractivity contribution in [3.8, 4) is 16.9 Å². The van der Waals surface area contributed by atoms with E-state index in [0.29, 0.717) is 18.7 Å². The lowest BCUT2D eigenvalue weighted by molar-refractivity contribution is -0.276. The molecule has 0 aromatic heterocycles. The van der Waals surface area contributed by atoms with Crippen LogP contribution in [0.2, 0.25) is 0 Å². The zero-order valence-electron chi connectivity index (χ0n) is 35.7. The number of likely N-dealkylation sites (N-methyl/N-ethyl adjacent to an activating group) is 1.